The van der Waals surface area contributed by atoms with E-state index in [9.17, 15) is 13.2 Å². The van der Waals surface area contributed by atoms with Crippen LogP contribution in [0.1, 0.15) is 16.7 Å². The van der Waals surface area contributed by atoms with Crippen LogP contribution < -0.4 is 10.6 Å². The number of fused-ring (bicyclic) bond motifs is 1. The Kier molecular flexibility index (Phi) is 3.69. The van der Waals surface area contributed by atoms with Crippen LogP contribution in [0.5, 0.6) is 0 Å². The Morgan fingerprint density at radius 3 is 2.26 bits per heavy atom. The first-order valence-corrected chi connectivity index (χ1v) is 8.62. The Balaban J connectivity index is 1.75. The van der Waals surface area contributed by atoms with Gasteiger partial charge in [0.25, 0.3) is 0 Å². The summed E-state index contributed by atoms with van der Waals surface area (Å²) in [7, 11) is -3.39. The van der Waals surface area contributed by atoms with E-state index in [0.717, 1.165) is 16.5 Å². The predicted molar refractivity (Wildman–Crippen MR) is 91.2 cm³/mol. The fourth-order valence-corrected chi connectivity index (χ4v) is 3.57. The van der Waals surface area contributed by atoms with Gasteiger partial charge in [0, 0.05) is 16.8 Å². The molecule has 0 aromatic heterocycles. The molecule has 23 heavy (non-hydrogen) atoms. The van der Waals surface area contributed by atoms with Gasteiger partial charge in [-0.05, 0) is 60.9 Å². The number of hydrogen-bond donors (Lipinski definition) is 2. The Morgan fingerprint density at radius 1 is 0.913 bits per heavy atom. The van der Waals surface area contributed by atoms with Crippen LogP contribution in [-0.2, 0) is 9.84 Å². The highest BCUT2D eigenvalue weighted by Gasteiger charge is 2.21. The van der Waals surface area contributed by atoms with E-state index >= 15 is 0 Å². The number of urea groups is 1. The minimum Gasteiger partial charge on any atom is -0.308 e. The number of anilines is 2. The Hall–Kier alpha value is -2.60. The van der Waals surface area contributed by atoms with Crippen LogP contribution >= 0.6 is 0 Å². The molecule has 5 nitrogen and oxygen atoms in total. The minimum absolute atomic E-state index is 0.210. The second-order valence-electron chi connectivity index (χ2n) is 5.48. The summed E-state index contributed by atoms with van der Waals surface area (Å²) >= 11 is 0. The molecule has 6 heteroatoms. The zero-order chi connectivity index (χ0) is 16.6. The topological polar surface area (TPSA) is 75.3 Å². The van der Waals surface area contributed by atoms with Gasteiger partial charge < -0.3 is 10.6 Å². The average Bonchev–Trinajstić information content (AvgIpc) is 2.78. The van der Waals surface area contributed by atoms with Crippen molar-refractivity contribution in [3.05, 3.63) is 58.5 Å². The molecule has 0 atom stereocenters. The molecule has 0 saturated carbocycles. The van der Waals surface area contributed by atoms with Crippen molar-refractivity contribution >= 4 is 33.3 Å². The van der Waals surface area contributed by atoms with Crippen LogP contribution in [0.15, 0.2) is 46.7 Å². The molecular weight excluding hydrogens is 312 g/mol. The van der Waals surface area contributed by atoms with Crippen LogP contribution in [0.25, 0.3) is 6.08 Å². The number of sulfone groups is 1. The summed E-state index contributed by atoms with van der Waals surface area (Å²) in [5.74, 6) is 0. The zero-order valence-electron chi connectivity index (χ0n) is 12.8. The maximum atomic E-state index is 12.1. The van der Waals surface area contributed by atoms with E-state index < -0.39 is 15.9 Å². The molecule has 2 aromatic rings. The van der Waals surface area contributed by atoms with Crippen molar-refractivity contribution in [2.75, 3.05) is 10.6 Å². The van der Waals surface area contributed by atoms with Gasteiger partial charge >= 0.3 is 6.03 Å². The third-order valence-electron chi connectivity index (χ3n) is 3.77. The molecule has 0 spiro atoms. The molecule has 1 aliphatic heterocycles. The van der Waals surface area contributed by atoms with E-state index in [1.54, 1.807) is 18.2 Å². The van der Waals surface area contributed by atoms with Crippen molar-refractivity contribution in [1.29, 1.82) is 0 Å². The normalized spacial score (nSPS) is 14.3. The third-order valence-corrected chi connectivity index (χ3v) is 5.23. The van der Waals surface area contributed by atoms with Gasteiger partial charge in [-0.1, -0.05) is 12.1 Å². The smallest absolute Gasteiger partial charge is 0.308 e. The highest BCUT2D eigenvalue weighted by molar-refractivity contribution is 7.94. The monoisotopic (exact) mass is 328 g/mol. The molecule has 0 saturated heterocycles. The summed E-state index contributed by atoms with van der Waals surface area (Å²) in [5, 5.41) is 6.54. The molecular formula is C17H16N2O3S. The summed E-state index contributed by atoms with van der Waals surface area (Å²) in [5.41, 5.74) is 3.97. The number of aryl methyl sites for hydroxylation is 2. The van der Waals surface area contributed by atoms with Crippen LogP contribution in [0.4, 0.5) is 16.2 Å². The molecule has 118 valence electrons. The number of amides is 2. The first kappa shape index (κ1) is 15.3. The van der Waals surface area contributed by atoms with Crippen LogP contribution in [-0.4, -0.2) is 14.4 Å². The van der Waals surface area contributed by atoms with Crippen LogP contribution in [0.2, 0.25) is 0 Å². The van der Waals surface area contributed by atoms with Crippen molar-refractivity contribution in [2.45, 2.75) is 18.7 Å². The van der Waals surface area contributed by atoms with E-state index in [2.05, 4.69) is 10.6 Å². The van der Waals surface area contributed by atoms with E-state index in [-0.39, 0.29) is 4.90 Å². The molecule has 3 rings (SSSR count). The lowest BCUT2D eigenvalue weighted by Crippen LogP contribution is -2.19. The van der Waals surface area contributed by atoms with Crippen LogP contribution in [0, 0.1) is 13.8 Å². The summed E-state index contributed by atoms with van der Waals surface area (Å²) < 4.78 is 23.7. The standard InChI is InChI=1S/C17H16N2O3S/c1-11-3-5-14(9-12(11)2)18-17(20)19-15-6-4-13-7-8-23(21,22)16(13)10-15/h3-10H,1-2H3,(H2,18,19,20). The fourth-order valence-electron chi connectivity index (χ4n) is 2.35. The largest absolute Gasteiger partial charge is 0.323 e. The van der Waals surface area contributed by atoms with Gasteiger partial charge in [-0.15, -0.1) is 0 Å². The van der Waals surface area contributed by atoms with E-state index in [4.69, 9.17) is 0 Å². The van der Waals surface area contributed by atoms with Gasteiger partial charge in [0.05, 0.1) is 4.90 Å². The van der Waals surface area contributed by atoms with E-state index in [1.165, 1.54) is 6.07 Å². The van der Waals surface area contributed by atoms with E-state index in [1.807, 2.05) is 32.0 Å². The molecule has 0 bridgehead atoms. The number of carbonyl (C=O) groups is 1. The molecule has 0 fully saturated rings. The first-order chi connectivity index (χ1) is 10.8. The van der Waals surface area contributed by atoms with Crippen molar-refractivity contribution in [3.63, 3.8) is 0 Å². The summed E-state index contributed by atoms with van der Waals surface area (Å²) in [4.78, 5) is 12.3. The van der Waals surface area contributed by atoms with Crippen LogP contribution in [0.3, 0.4) is 0 Å². The Bertz CT molecular complexity index is 931. The predicted octanol–water partition coefficient (Wildman–Crippen LogP) is 3.71. The van der Waals surface area contributed by atoms with Gasteiger partial charge in [0.1, 0.15) is 0 Å². The average molecular weight is 328 g/mol. The highest BCUT2D eigenvalue weighted by Crippen LogP contribution is 2.29. The van der Waals surface area contributed by atoms with E-state index in [0.29, 0.717) is 16.9 Å². The van der Waals surface area contributed by atoms with Gasteiger partial charge in [0.2, 0.25) is 9.84 Å². The zero-order valence-corrected chi connectivity index (χ0v) is 13.6. The lowest BCUT2D eigenvalue weighted by Gasteiger charge is -2.10. The summed E-state index contributed by atoms with van der Waals surface area (Å²) in [6.45, 7) is 3.97. The van der Waals surface area contributed by atoms with Crippen molar-refractivity contribution in [1.82, 2.24) is 0 Å². The van der Waals surface area contributed by atoms with Gasteiger partial charge in [0.15, 0.2) is 0 Å². The molecule has 1 aliphatic rings. The van der Waals surface area contributed by atoms with Crippen molar-refractivity contribution in [2.24, 2.45) is 0 Å². The molecule has 2 aromatic carbocycles. The molecule has 2 amide bonds. The molecule has 0 radical (unpaired) electrons. The second kappa shape index (κ2) is 5.55. The minimum atomic E-state index is -3.39. The Labute approximate surface area is 135 Å². The SMILES string of the molecule is Cc1ccc(NC(=O)Nc2ccc3c(c2)S(=O)(=O)C=C3)cc1C. The van der Waals surface area contributed by atoms with Crippen molar-refractivity contribution in [3.8, 4) is 0 Å². The number of nitrogens with one attached hydrogen (secondary N) is 2. The van der Waals surface area contributed by atoms with Gasteiger partial charge in [-0.25, -0.2) is 13.2 Å². The second-order valence-corrected chi connectivity index (χ2v) is 7.28. The fraction of sp³-hybridized carbons (Fsp3) is 0.118. The summed E-state index contributed by atoms with van der Waals surface area (Å²) in [6, 6.07) is 10.0. The molecule has 2 N–H and O–H groups in total. The van der Waals surface area contributed by atoms with Gasteiger partial charge in [-0.3, -0.25) is 0 Å². The summed E-state index contributed by atoms with van der Waals surface area (Å²) in [6.07, 6.45) is 1.55. The Morgan fingerprint density at radius 2 is 1.57 bits per heavy atom. The molecule has 1 heterocycles. The maximum absolute atomic E-state index is 12.1. The number of carbonyl (C=O) groups excluding carboxylic acids is 1. The number of rotatable bonds is 2. The third kappa shape index (κ3) is 3.12. The molecule has 0 unspecified atom stereocenters. The highest BCUT2D eigenvalue weighted by atomic mass is 32.2. The number of hydrogen-bond acceptors (Lipinski definition) is 3. The van der Waals surface area contributed by atoms with Gasteiger partial charge in [-0.2, -0.15) is 0 Å². The number of benzene rings is 2. The quantitative estimate of drug-likeness (QED) is 0.882. The van der Waals surface area contributed by atoms with Crippen molar-refractivity contribution < 1.29 is 13.2 Å². The molecule has 0 aliphatic carbocycles. The first-order valence-electron chi connectivity index (χ1n) is 7.08. The lowest BCUT2D eigenvalue weighted by molar-refractivity contribution is 0.262. The lowest BCUT2D eigenvalue weighted by atomic mass is 10.1. The maximum Gasteiger partial charge on any atom is 0.323 e.